The standard InChI is InChI=1S/C15H22NO2Si/c1-15(2,3)18-14(17)16(4)13-9-7-12(8-10-13)6-5-11-19/h7-10H,5-6,11H2,1-4H3. The number of rotatable bonds is 4. The molecule has 0 N–H and O–H groups in total. The Kier molecular flexibility index (Phi) is 5.60. The van der Waals surface area contributed by atoms with Crippen molar-refractivity contribution in [2.75, 3.05) is 11.9 Å². The highest BCUT2D eigenvalue weighted by molar-refractivity contribution is 6.08. The topological polar surface area (TPSA) is 29.5 Å². The lowest BCUT2D eigenvalue weighted by atomic mass is 10.1. The molecule has 0 spiro atoms. The fourth-order valence-electron chi connectivity index (χ4n) is 1.61. The molecule has 1 aromatic rings. The largest absolute Gasteiger partial charge is 0.443 e. The van der Waals surface area contributed by atoms with Gasteiger partial charge in [0.25, 0.3) is 0 Å². The van der Waals surface area contributed by atoms with Gasteiger partial charge in [0.05, 0.1) is 0 Å². The number of nitrogens with zero attached hydrogens (tertiary/aromatic N) is 1. The molecular formula is C15H22NO2Si. The molecule has 0 heterocycles. The highest BCUT2D eigenvalue weighted by Crippen LogP contribution is 2.18. The third-order valence-corrected chi connectivity index (χ3v) is 2.99. The summed E-state index contributed by atoms with van der Waals surface area (Å²) in [7, 11) is 5.19. The first-order chi connectivity index (χ1) is 8.83. The molecule has 0 aliphatic heterocycles. The maximum atomic E-state index is 11.9. The van der Waals surface area contributed by atoms with E-state index in [9.17, 15) is 4.79 Å². The Morgan fingerprint density at radius 1 is 1.26 bits per heavy atom. The molecule has 0 bridgehead atoms. The number of anilines is 1. The first kappa shape index (κ1) is 15.8. The van der Waals surface area contributed by atoms with E-state index in [-0.39, 0.29) is 6.09 Å². The number of ether oxygens (including phenoxy) is 1. The van der Waals surface area contributed by atoms with Crippen LogP contribution in [0.5, 0.6) is 0 Å². The molecule has 4 heteroatoms. The molecule has 0 fully saturated rings. The Morgan fingerprint density at radius 3 is 2.32 bits per heavy atom. The number of hydrogen-bond donors (Lipinski definition) is 0. The predicted octanol–water partition coefficient (Wildman–Crippen LogP) is 3.58. The van der Waals surface area contributed by atoms with Gasteiger partial charge in [-0.05, 0) is 44.9 Å². The first-order valence-corrected chi connectivity index (χ1v) is 7.24. The monoisotopic (exact) mass is 276 g/mol. The quantitative estimate of drug-likeness (QED) is 0.787. The van der Waals surface area contributed by atoms with E-state index >= 15 is 0 Å². The molecule has 0 aliphatic rings. The Labute approximate surface area is 119 Å². The molecule has 1 rings (SSSR count). The Morgan fingerprint density at radius 2 is 1.84 bits per heavy atom. The summed E-state index contributed by atoms with van der Waals surface area (Å²) in [5.41, 5.74) is 1.65. The van der Waals surface area contributed by atoms with Crippen molar-refractivity contribution < 1.29 is 9.53 Å². The van der Waals surface area contributed by atoms with Crippen molar-refractivity contribution in [3.05, 3.63) is 29.8 Å². The van der Waals surface area contributed by atoms with E-state index in [1.165, 1.54) is 10.5 Å². The van der Waals surface area contributed by atoms with Gasteiger partial charge in [-0.25, -0.2) is 4.79 Å². The summed E-state index contributed by atoms with van der Waals surface area (Å²) in [6.45, 7) is 5.59. The van der Waals surface area contributed by atoms with Gasteiger partial charge in [-0.3, -0.25) is 4.90 Å². The van der Waals surface area contributed by atoms with Crippen molar-refractivity contribution in [3.8, 4) is 0 Å². The highest BCUT2D eigenvalue weighted by atomic mass is 28.1. The number of benzene rings is 1. The average molecular weight is 276 g/mol. The van der Waals surface area contributed by atoms with Crippen LogP contribution in [0, 0.1) is 0 Å². The summed E-state index contributed by atoms with van der Waals surface area (Å²) in [6.07, 6.45) is 1.82. The number of amides is 1. The van der Waals surface area contributed by atoms with Crippen LogP contribution in [0.25, 0.3) is 0 Å². The summed E-state index contributed by atoms with van der Waals surface area (Å²) in [6, 6.07) is 9.01. The van der Waals surface area contributed by atoms with E-state index in [0.717, 1.165) is 24.6 Å². The van der Waals surface area contributed by atoms with Crippen molar-refractivity contribution in [2.24, 2.45) is 0 Å². The van der Waals surface area contributed by atoms with Gasteiger partial charge in [0.15, 0.2) is 0 Å². The molecule has 3 nitrogen and oxygen atoms in total. The minimum atomic E-state index is -0.471. The van der Waals surface area contributed by atoms with Gasteiger partial charge in [-0.2, -0.15) is 0 Å². The van der Waals surface area contributed by atoms with Crippen LogP contribution in [0.15, 0.2) is 24.3 Å². The molecule has 0 saturated carbocycles. The molecule has 1 amide bonds. The van der Waals surface area contributed by atoms with Gasteiger partial charge in [-0.1, -0.05) is 24.6 Å². The van der Waals surface area contributed by atoms with Crippen LogP contribution in [0.1, 0.15) is 32.8 Å². The van der Waals surface area contributed by atoms with Crippen molar-refractivity contribution in [2.45, 2.75) is 45.3 Å². The number of aryl methyl sites for hydroxylation is 1. The van der Waals surface area contributed by atoms with E-state index < -0.39 is 5.60 Å². The van der Waals surface area contributed by atoms with Crippen molar-refractivity contribution in [3.63, 3.8) is 0 Å². The SMILES string of the molecule is CN(C(=O)OC(C)(C)C)c1ccc(CCC[Si])cc1. The van der Waals surface area contributed by atoms with Crippen molar-refractivity contribution in [1.82, 2.24) is 0 Å². The Hall–Kier alpha value is -1.29. The van der Waals surface area contributed by atoms with E-state index in [1.807, 2.05) is 32.9 Å². The van der Waals surface area contributed by atoms with Crippen LogP contribution < -0.4 is 4.90 Å². The van der Waals surface area contributed by atoms with E-state index in [2.05, 4.69) is 22.4 Å². The lowest BCUT2D eigenvalue weighted by Gasteiger charge is -2.24. The zero-order chi connectivity index (χ0) is 14.5. The van der Waals surface area contributed by atoms with Crippen LogP contribution in [-0.2, 0) is 11.2 Å². The molecule has 0 atom stereocenters. The maximum absolute atomic E-state index is 11.9. The predicted molar refractivity (Wildman–Crippen MR) is 80.0 cm³/mol. The summed E-state index contributed by atoms with van der Waals surface area (Å²) in [5.74, 6) is 0. The summed E-state index contributed by atoms with van der Waals surface area (Å²) >= 11 is 0. The molecule has 0 unspecified atom stereocenters. The number of carbonyl (C=O) groups excluding carboxylic acids is 1. The van der Waals surface area contributed by atoms with Gasteiger partial charge >= 0.3 is 6.09 Å². The summed E-state index contributed by atoms with van der Waals surface area (Å²) in [5, 5.41) is 0. The smallest absolute Gasteiger partial charge is 0.414 e. The second-order valence-electron chi connectivity index (χ2n) is 5.56. The van der Waals surface area contributed by atoms with E-state index in [0.29, 0.717) is 0 Å². The maximum Gasteiger partial charge on any atom is 0.414 e. The molecule has 0 aliphatic carbocycles. The Bertz CT molecular complexity index is 409. The second-order valence-corrected chi connectivity index (χ2v) is 6.06. The Balaban J connectivity index is 2.67. The number of hydrogen-bond acceptors (Lipinski definition) is 2. The fraction of sp³-hybridized carbons (Fsp3) is 0.533. The van der Waals surface area contributed by atoms with Crippen LogP contribution in [0.2, 0.25) is 6.04 Å². The lowest BCUT2D eigenvalue weighted by Crippen LogP contribution is -2.34. The molecular weight excluding hydrogens is 254 g/mol. The zero-order valence-corrected chi connectivity index (χ0v) is 13.2. The van der Waals surface area contributed by atoms with Gasteiger partial charge in [0.1, 0.15) is 5.60 Å². The van der Waals surface area contributed by atoms with Crippen LogP contribution in [-0.4, -0.2) is 29.0 Å². The fourth-order valence-corrected chi connectivity index (χ4v) is 1.79. The number of carbonyl (C=O) groups is 1. The summed E-state index contributed by atoms with van der Waals surface area (Å²) in [4.78, 5) is 13.4. The van der Waals surface area contributed by atoms with Gasteiger partial charge in [0.2, 0.25) is 0 Å². The normalized spacial score (nSPS) is 11.2. The third kappa shape index (κ3) is 5.47. The molecule has 0 saturated heterocycles. The zero-order valence-electron chi connectivity index (χ0n) is 12.2. The van der Waals surface area contributed by atoms with Crippen LogP contribution in [0.3, 0.4) is 0 Å². The average Bonchev–Trinajstić information content (AvgIpc) is 2.34. The van der Waals surface area contributed by atoms with Gasteiger partial charge in [0, 0.05) is 23.0 Å². The molecule has 19 heavy (non-hydrogen) atoms. The van der Waals surface area contributed by atoms with Crippen molar-refractivity contribution in [1.29, 1.82) is 0 Å². The van der Waals surface area contributed by atoms with Gasteiger partial charge in [-0.15, -0.1) is 0 Å². The third-order valence-electron chi connectivity index (χ3n) is 2.63. The lowest BCUT2D eigenvalue weighted by molar-refractivity contribution is 0.0589. The molecule has 1 aromatic carbocycles. The van der Waals surface area contributed by atoms with E-state index in [1.54, 1.807) is 7.05 Å². The van der Waals surface area contributed by atoms with Crippen LogP contribution >= 0.6 is 0 Å². The molecule has 3 radical (unpaired) electrons. The summed E-state index contributed by atoms with van der Waals surface area (Å²) < 4.78 is 5.33. The molecule has 103 valence electrons. The van der Waals surface area contributed by atoms with Gasteiger partial charge < -0.3 is 4.74 Å². The second kappa shape index (κ2) is 6.75. The van der Waals surface area contributed by atoms with E-state index in [4.69, 9.17) is 4.74 Å². The van der Waals surface area contributed by atoms with Crippen molar-refractivity contribution >= 4 is 22.0 Å². The minimum absolute atomic E-state index is 0.333. The van der Waals surface area contributed by atoms with Crippen LogP contribution in [0.4, 0.5) is 10.5 Å². The highest BCUT2D eigenvalue weighted by Gasteiger charge is 2.20. The molecule has 0 aromatic heterocycles. The minimum Gasteiger partial charge on any atom is -0.443 e. The first-order valence-electron chi connectivity index (χ1n) is 6.54.